The Morgan fingerprint density at radius 3 is 2.68 bits per heavy atom. The quantitative estimate of drug-likeness (QED) is 0.571. The van der Waals surface area contributed by atoms with Crippen molar-refractivity contribution in [2.45, 2.75) is 52.9 Å². The zero-order valence-corrected chi connectivity index (χ0v) is 17.6. The molecule has 0 amide bonds. The van der Waals surface area contributed by atoms with Crippen LogP contribution in [0, 0.1) is 5.92 Å². The SMILES string of the molecule is CCNC(=NCc1cnn(Cc2ccccc2)c1)NC1CN(C(C)C)CC1C. The van der Waals surface area contributed by atoms with Crippen molar-refractivity contribution in [2.24, 2.45) is 10.9 Å². The Labute approximate surface area is 169 Å². The van der Waals surface area contributed by atoms with Gasteiger partial charge in [-0.25, -0.2) is 4.99 Å². The van der Waals surface area contributed by atoms with E-state index in [1.807, 2.05) is 16.9 Å². The number of benzene rings is 1. The van der Waals surface area contributed by atoms with Crippen molar-refractivity contribution in [3.63, 3.8) is 0 Å². The molecule has 1 aromatic carbocycles. The molecule has 152 valence electrons. The number of aromatic nitrogens is 2. The van der Waals surface area contributed by atoms with Gasteiger partial charge in [0.25, 0.3) is 0 Å². The number of nitrogens with zero attached hydrogens (tertiary/aromatic N) is 4. The highest BCUT2D eigenvalue weighted by Gasteiger charge is 2.31. The van der Waals surface area contributed by atoms with E-state index < -0.39 is 0 Å². The van der Waals surface area contributed by atoms with Gasteiger partial charge in [-0.15, -0.1) is 0 Å². The fourth-order valence-corrected chi connectivity index (χ4v) is 3.62. The second kappa shape index (κ2) is 9.73. The average Bonchev–Trinajstić information content (AvgIpc) is 3.27. The van der Waals surface area contributed by atoms with Crippen LogP contribution in [0.5, 0.6) is 0 Å². The molecule has 6 heteroatoms. The molecule has 3 rings (SSSR count). The van der Waals surface area contributed by atoms with Crippen molar-refractivity contribution in [1.82, 2.24) is 25.3 Å². The third-order valence-corrected chi connectivity index (χ3v) is 5.33. The standard InChI is InChI=1S/C22H34N6/c1-5-23-22(26-21-16-27(17(2)3)13-18(21)4)24-11-20-12-25-28(15-20)14-19-9-7-6-8-10-19/h6-10,12,15,17-18,21H,5,11,13-14,16H2,1-4H3,(H2,23,24,26). The number of hydrogen-bond acceptors (Lipinski definition) is 3. The van der Waals surface area contributed by atoms with Gasteiger partial charge in [0.05, 0.1) is 19.3 Å². The molecule has 1 aliphatic rings. The Kier molecular flexibility index (Phi) is 7.09. The van der Waals surface area contributed by atoms with Crippen LogP contribution in [-0.2, 0) is 13.1 Å². The number of aliphatic imine (C=N–C) groups is 1. The Balaban J connectivity index is 1.59. The van der Waals surface area contributed by atoms with Gasteiger partial charge in [0, 0.05) is 43.5 Å². The number of likely N-dealkylation sites (tertiary alicyclic amines) is 1. The second-order valence-electron chi connectivity index (χ2n) is 8.00. The van der Waals surface area contributed by atoms with Gasteiger partial charge in [-0.05, 0) is 32.3 Å². The maximum absolute atomic E-state index is 4.79. The number of nitrogens with one attached hydrogen (secondary N) is 2. The second-order valence-corrected chi connectivity index (χ2v) is 8.00. The van der Waals surface area contributed by atoms with E-state index in [0.29, 0.717) is 24.5 Å². The first-order valence-corrected chi connectivity index (χ1v) is 10.4. The van der Waals surface area contributed by atoms with Crippen LogP contribution in [0.25, 0.3) is 0 Å². The normalized spacial score (nSPS) is 20.7. The van der Waals surface area contributed by atoms with Gasteiger partial charge in [-0.3, -0.25) is 9.58 Å². The zero-order valence-electron chi connectivity index (χ0n) is 17.6. The van der Waals surface area contributed by atoms with Crippen molar-refractivity contribution >= 4 is 5.96 Å². The predicted molar refractivity (Wildman–Crippen MR) is 115 cm³/mol. The van der Waals surface area contributed by atoms with E-state index in [9.17, 15) is 0 Å². The molecule has 2 heterocycles. The van der Waals surface area contributed by atoms with E-state index in [2.05, 4.69) is 78.8 Å². The van der Waals surface area contributed by atoms with Crippen molar-refractivity contribution in [2.75, 3.05) is 19.6 Å². The Morgan fingerprint density at radius 2 is 2.00 bits per heavy atom. The molecule has 1 fully saturated rings. The molecule has 28 heavy (non-hydrogen) atoms. The number of hydrogen-bond donors (Lipinski definition) is 2. The summed E-state index contributed by atoms with van der Waals surface area (Å²) in [6.07, 6.45) is 3.99. The first kappa shape index (κ1) is 20.4. The predicted octanol–water partition coefficient (Wildman–Crippen LogP) is 2.72. The van der Waals surface area contributed by atoms with Crippen molar-refractivity contribution in [3.8, 4) is 0 Å². The minimum Gasteiger partial charge on any atom is -0.357 e. The summed E-state index contributed by atoms with van der Waals surface area (Å²) >= 11 is 0. The Morgan fingerprint density at radius 1 is 1.21 bits per heavy atom. The first-order chi connectivity index (χ1) is 13.5. The Hall–Kier alpha value is -2.34. The molecule has 0 saturated carbocycles. The summed E-state index contributed by atoms with van der Waals surface area (Å²) in [4.78, 5) is 7.32. The zero-order chi connectivity index (χ0) is 19.9. The highest BCUT2D eigenvalue weighted by atomic mass is 15.3. The van der Waals surface area contributed by atoms with Crippen molar-refractivity contribution < 1.29 is 0 Å². The molecule has 1 aliphatic heterocycles. The lowest BCUT2D eigenvalue weighted by molar-refractivity contribution is 0.265. The molecule has 0 radical (unpaired) electrons. The molecule has 2 unspecified atom stereocenters. The Bertz CT molecular complexity index is 751. The fourth-order valence-electron chi connectivity index (χ4n) is 3.62. The highest BCUT2D eigenvalue weighted by molar-refractivity contribution is 5.80. The third kappa shape index (κ3) is 5.58. The largest absolute Gasteiger partial charge is 0.357 e. The summed E-state index contributed by atoms with van der Waals surface area (Å²) in [6, 6.07) is 11.4. The van der Waals surface area contributed by atoms with Crippen LogP contribution >= 0.6 is 0 Å². The smallest absolute Gasteiger partial charge is 0.191 e. The van der Waals surface area contributed by atoms with Gasteiger partial charge in [0.2, 0.25) is 0 Å². The van der Waals surface area contributed by atoms with Crippen molar-refractivity contribution in [3.05, 3.63) is 53.9 Å². The molecular formula is C22H34N6. The van der Waals surface area contributed by atoms with Gasteiger partial charge in [0.1, 0.15) is 0 Å². The summed E-state index contributed by atoms with van der Waals surface area (Å²) in [5.74, 6) is 1.50. The van der Waals surface area contributed by atoms with Gasteiger partial charge >= 0.3 is 0 Å². The molecule has 6 nitrogen and oxygen atoms in total. The molecule has 2 N–H and O–H groups in total. The van der Waals surface area contributed by atoms with Crippen LogP contribution in [0.1, 0.15) is 38.8 Å². The van der Waals surface area contributed by atoms with Crippen LogP contribution in [0.15, 0.2) is 47.7 Å². The molecule has 1 saturated heterocycles. The third-order valence-electron chi connectivity index (χ3n) is 5.33. The van der Waals surface area contributed by atoms with Crippen LogP contribution in [0.3, 0.4) is 0 Å². The molecular weight excluding hydrogens is 348 g/mol. The number of guanidine groups is 1. The maximum atomic E-state index is 4.79. The maximum Gasteiger partial charge on any atom is 0.191 e. The van der Waals surface area contributed by atoms with Gasteiger partial charge in [-0.1, -0.05) is 37.3 Å². The van der Waals surface area contributed by atoms with Crippen LogP contribution in [-0.4, -0.2) is 52.4 Å². The molecule has 2 aromatic rings. The van der Waals surface area contributed by atoms with E-state index in [1.165, 1.54) is 5.56 Å². The summed E-state index contributed by atoms with van der Waals surface area (Å²) in [5, 5.41) is 11.5. The lowest BCUT2D eigenvalue weighted by atomic mass is 10.1. The first-order valence-electron chi connectivity index (χ1n) is 10.4. The van der Waals surface area contributed by atoms with E-state index in [4.69, 9.17) is 4.99 Å². The highest BCUT2D eigenvalue weighted by Crippen LogP contribution is 2.18. The summed E-state index contributed by atoms with van der Waals surface area (Å²) in [5.41, 5.74) is 2.37. The van der Waals surface area contributed by atoms with Crippen LogP contribution < -0.4 is 10.6 Å². The molecule has 0 bridgehead atoms. The molecule has 2 atom stereocenters. The fraction of sp³-hybridized carbons (Fsp3) is 0.545. The molecule has 0 spiro atoms. The van der Waals surface area contributed by atoms with Gasteiger partial charge in [0.15, 0.2) is 5.96 Å². The lowest BCUT2D eigenvalue weighted by Gasteiger charge is -2.21. The minimum atomic E-state index is 0.431. The van der Waals surface area contributed by atoms with Gasteiger partial charge in [-0.2, -0.15) is 5.10 Å². The van der Waals surface area contributed by atoms with Crippen LogP contribution in [0.4, 0.5) is 0 Å². The summed E-state index contributed by atoms with van der Waals surface area (Å²) in [7, 11) is 0. The summed E-state index contributed by atoms with van der Waals surface area (Å²) < 4.78 is 1.97. The monoisotopic (exact) mass is 382 g/mol. The van der Waals surface area contributed by atoms with E-state index in [0.717, 1.165) is 37.7 Å². The van der Waals surface area contributed by atoms with Crippen molar-refractivity contribution in [1.29, 1.82) is 0 Å². The topological polar surface area (TPSA) is 57.5 Å². The van der Waals surface area contributed by atoms with E-state index >= 15 is 0 Å². The molecule has 1 aromatic heterocycles. The molecule has 0 aliphatic carbocycles. The van der Waals surface area contributed by atoms with Crippen LogP contribution in [0.2, 0.25) is 0 Å². The van der Waals surface area contributed by atoms with Gasteiger partial charge < -0.3 is 10.6 Å². The number of rotatable bonds is 7. The van der Waals surface area contributed by atoms with E-state index in [1.54, 1.807) is 0 Å². The minimum absolute atomic E-state index is 0.431. The lowest BCUT2D eigenvalue weighted by Crippen LogP contribution is -2.46. The summed E-state index contributed by atoms with van der Waals surface area (Å²) in [6.45, 7) is 13.4. The van der Waals surface area contributed by atoms with E-state index in [-0.39, 0.29) is 0 Å². The average molecular weight is 383 g/mol.